The van der Waals surface area contributed by atoms with E-state index in [1.807, 2.05) is 24.4 Å². The average Bonchev–Trinajstić information content (AvgIpc) is 2.84. The van der Waals surface area contributed by atoms with Crippen LogP contribution >= 0.6 is 0 Å². The third-order valence-corrected chi connectivity index (χ3v) is 2.17. The summed E-state index contributed by atoms with van der Waals surface area (Å²) in [5, 5.41) is 4.88. The van der Waals surface area contributed by atoms with E-state index in [1.165, 1.54) is 0 Å². The molecule has 5 heteroatoms. The Balaban J connectivity index is 2.18. The maximum absolute atomic E-state index is 4.90. The van der Waals surface area contributed by atoms with Gasteiger partial charge >= 0.3 is 0 Å². The van der Waals surface area contributed by atoms with E-state index in [2.05, 4.69) is 20.1 Å². The van der Waals surface area contributed by atoms with Crippen molar-refractivity contribution in [1.29, 1.82) is 0 Å². The zero-order chi connectivity index (χ0) is 10.3. The van der Waals surface area contributed by atoms with Crippen LogP contribution in [0.25, 0.3) is 22.6 Å². The van der Waals surface area contributed by atoms with E-state index in [9.17, 15) is 0 Å². The molecule has 3 heterocycles. The van der Waals surface area contributed by atoms with Gasteiger partial charge in [-0.1, -0.05) is 5.16 Å². The summed E-state index contributed by atoms with van der Waals surface area (Å²) in [6.07, 6.45) is 1.85. The number of rotatable bonds is 1. The molecule has 0 bridgehead atoms. The lowest BCUT2D eigenvalue weighted by Crippen LogP contribution is -1.86. The summed E-state index contributed by atoms with van der Waals surface area (Å²) in [5.41, 5.74) is 1.54. The Labute approximate surface area is 85.1 Å². The van der Waals surface area contributed by atoms with Crippen LogP contribution in [-0.4, -0.2) is 20.1 Å². The number of H-pyrrole nitrogens is 1. The van der Waals surface area contributed by atoms with Gasteiger partial charge in [0.25, 0.3) is 0 Å². The standard InChI is InChI=1S/C10H8N4O/c1-6-12-10(14-15-6)8-3-2-7-4-5-11-9(7)13-8/h2-5H,1H3,(H,11,13). The van der Waals surface area contributed by atoms with Crippen molar-refractivity contribution in [1.82, 2.24) is 20.1 Å². The fraction of sp³-hybridized carbons (Fsp3) is 0.100. The van der Waals surface area contributed by atoms with Gasteiger partial charge in [-0.15, -0.1) is 0 Å². The van der Waals surface area contributed by atoms with Gasteiger partial charge < -0.3 is 9.51 Å². The molecular formula is C10H8N4O. The van der Waals surface area contributed by atoms with Crippen LogP contribution < -0.4 is 0 Å². The Bertz CT molecular complexity index is 610. The van der Waals surface area contributed by atoms with E-state index >= 15 is 0 Å². The summed E-state index contributed by atoms with van der Waals surface area (Å²) in [5.74, 6) is 1.06. The summed E-state index contributed by atoms with van der Waals surface area (Å²) in [4.78, 5) is 11.5. The maximum Gasteiger partial charge on any atom is 0.223 e. The van der Waals surface area contributed by atoms with Gasteiger partial charge in [0.2, 0.25) is 11.7 Å². The van der Waals surface area contributed by atoms with E-state index in [0.29, 0.717) is 17.4 Å². The molecule has 0 aliphatic heterocycles. The van der Waals surface area contributed by atoms with E-state index < -0.39 is 0 Å². The second-order valence-electron chi connectivity index (χ2n) is 3.25. The van der Waals surface area contributed by atoms with Gasteiger partial charge in [0, 0.05) is 18.5 Å². The van der Waals surface area contributed by atoms with Crippen LogP contribution in [0.15, 0.2) is 28.9 Å². The first-order chi connectivity index (χ1) is 7.33. The molecule has 0 fully saturated rings. The van der Waals surface area contributed by atoms with E-state index in [-0.39, 0.29) is 0 Å². The highest BCUT2D eigenvalue weighted by Gasteiger charge is 2.07. The van der Waals surface area contributed by atoms with Crippen molar-refractivity contribution in [3.63, 3.8) is 0 Å². The third-order valence-electron chi connectivity index (χ3n) is 2.17. The van der Waals surface area contributed by atoms with Gasteiger partial charge in [-0.3, -0.25) is 0 Å². The van der Waals surface area contributed by atoms with Crippen LogP contribution in [0, 0.1) is 6.92 Å². The number of aryl methyl sites for hydroxylation is 1. The maximum atomic E-state index is 4.90. The molecule has 3 rings (SSSR count). The summed E-state index contributed by atoms with van der Waals surface area (Å²) < 4.78 is 4.90. The molecule has 15 heavy (non-hydrogen) atoms. The molecular weight excluding hydrogens is 192 g/mol. The molecule has 3 aromatic heterocycles. The minimum Gasteiger partial charge on any atom is -0.346 e. The van der Waals surface area contributed by atoms with Crippen molar-refractivity contribution in [3.8, 4) is 11.5 Å². The Morgan fingerprint density at radius 1 is 1.20 bits per heavy atom. The second kappa shape index (κ2) is 2.91. The quantitative estimate of drug-likeness (QED) is 0.651. The van der Waals surface area contributed by atoms with Crippen LogP contribution in [-0.2, 0) is 0 Å². The highest BCUT2D eigenvalue weighted by atomic mass is 16.5. The zero-order valence-corrected chi connectivity index (χ0v) is 8.06. The minimum atomic E-state index is 0.518. The van der Waals surface area contributed by atoms with E-state index in [1.54, 1.807) is 6.92 Å². The number of hydrogen-bond donors (Lipinski definition) is 1. The second-order valence-corrected chi connectivity index (χ2v) is 3.25. The molecule has 0 aliphatic rings. The van der Waals surface area contributed by atoms with Crippen molar-refractivity contribution in [2.45, 2.75) is 6.92 Å². The monoisotopic (exact) mass is 200 g/mol. The molecule has 0 unspecified atom stereocenters. The molecule has 5 nitrogen and oxygen atoms in total. The predicted octanol–water partition coefficient (Wildman–Crippen LogP) is 1.92. The van der Waals surface area contributed by atoms with Crippen molar-refractivity contribution >= 4 is 11.0 Å². The SMILES string of the molecule is Cc1nc(-c2ccc3cc[nH]c3n2)no1. The van der Waals surface area contributed by atoms with Gasteiger partial charge in [0.1, 0.15) is 11.3 Å². The molecule has 0 spiro atoms. The topological polar surface area (TPSA) is 67.6 Å². The van der Waals surface area contributed by atoms with E-state index in [0.717, 1.165) is 11.0 Å². The number of nitrogens with zero attached hydrogens (tertiary/aromatic N) is 3. The highest BCUT2D eigenvalue weighted by Crippen LogP contribution is 2.17. The lowest BCUT2D eigenvalue weighted by molar-refractivity contribution is 0.394. The summed E-state index contributed by atoms with van der Waals surface area (Å²) >= 11 is 0. The number of fused-ring (bicyclic) bond motifs is 1. The molecule has 74 valence electrons. The summed E-state index contributed by atoms with van der Waals surface area (Å²) in [6.45, 7) is 1.75. The van der Waals surface area contributed by atoms with Crippen LogP contribution in [0.4, 0.5) is 0 Å². The van der Waals surface area contributed by atoms with Crippen LogP contribution in [0.1, 0.15) is 5.89 Å². The molecule has 0 atom stereocenters. The first-order valence-electron chi connectivity index (χ1n) is 4.58. The minimum absolute atomic E-state index is 0.518. The van der Waals surface area contributed by atoms with Gasteiger partial charge in [-0.25, -0.2) is 4.98 Å². The average molecular weight is 200 g/mol. The third kappa shape index (κ3) is 1.28. The largest absolute Gasteiger partial charge is 0.346 e. The zero-order valence-electron chi connectivity index (χ0n) is 8.06. The van der Waals surface area contributed by atoms with Crippen molar-refractivity contribution in [3.05, 3.63) is 30.3 Å². The molecule has 0 amide bonds. The summed E-state index contributed by atoms with van der Waals surface area (Å²) in [6, 6.07) is 5.81. The highest BCUT2D eigenvalue weighted by molar-refractivity contribution is 5.77. The normalized spacial score (nSPS) is 11.0. The fourth-order valence-corrected chi connectivity index (χ4v) is 1.46. The van der Waals surface area contributed by atoms with Crippen molar-refractivity contribution in [2.24, 2.45) is 0 Å². The van der Waals surface area contributed by atoms with Gasteiger partial charge in [0.05, 0.1) is 0 Å². The lowest BCUT2D eigenvalue weighted by atomic mass is 10.3. The van der Waals surface area contributed by atoms with Crippen LogP contribution in [0.2, 0.25) is 0 Å². The molecule has 0 saturated heterocycles. The van der Waals surface area contributed by atoms with Gasteiger partial charge in [-0.2, -0.15) is 4.98 Å². The number of hydrogen-bond acceptors (Lipinski definition) is 4. The van der Waals surface area contributed by atoms with Crippen LogP contribution in [0.5, 0.6) is 0 Å². The van der Waals surface area contributed by atoms with Gasteiger partial charge in [0.15, 0.2) is 0 Å². The molecule has 1 N–H and O–H groups in total. The molecule has 0 saturated carbocycles. The number of pyridine rings is 1. The molecule has 0 aromatic carbocycles. The Morgan fingerprint density at radius 3 is 2.93 bits per heavy atom. The van der Waals surface area contributed by atoms with Crippen molar-refractivity contribution in [2.75, 3.05) is 0 Å². The molecule has 0 aliphatic carbocycles. The Morgan fingerprint density at radius 2 is 2.13 bits per heavy atom. The first-order valence-corrected chi connectivity index (χ1v) is 4.58. The Hall–Kier alpha value is -2.17. The molecule has 0 radical (unpaired) electrons. The molecule has 3 aromatic rings. The number of aromatic nitrogens is 4. The van der Waals surface area contributed by atoms with Crippen LogP contribution in [0.3, 0.4) is 0 Å². The fourth-order valence-electron chi connectivity index (χ4n) is 1.46. The van der Waals surface area contributed by atoms with Gasteiger partial charge in [-0.05, 0) is 18.2 Å². The first kappa shape index (κ1) is 8.16. The smallest absolute Gasteiger partial charge is 0.223 e. The summed E-state index contributed by atoms with van der Waals surface area (Å²) in [7, 11) is 0. The Kier molecular flexibility index (Phi) is 1.58. The lowest BCUT2D eigenvalue weighted by Gasteiger charge is -1.93. The van der Waals surface area contributed by atoms with Crippen molar-refractivity contribution < 1.29 is 4.52 Å². The van der Waals surface area contributed by atoms with E-state index in [4.69, 9.17) is 4.52 Å². The number of aromatic amines is 1. The number of nitrogens with one attached hydrogen (secondary N) is 1. The predicted molar refractivity (Wildman–Crippen MR) is 54.1 cm³/mol.